The van der Waals surface area contributed by atoms with Gasteiger partial charge < -0.3 is 15.5 Å². The molecular formula is C21H32FN5O. The summed E-state index contributed by atoms with van der Waals surface area (Å²) in [5.41, 5.74) is 0.739. The van der Waals surface area contributed by atoms with E-state index in [0.717, 1.165) is 50.5 Å². The number of guanidine groups is 1. The molecule has 6 nitrogen and oxygen atoms in total. The van der Waals surface area contributed by atoms with Crippen molar-refractivity contribution in [3.8, 4) is 0 Å². The first kappa shape index (κ1) is 20.6. The summed E-state index contributed by atoms with van der Waals surface area (Å²) in [5, 5.41) is 6.49. The topological polar surface area (TPSA) is 60.0 Å². The predicted octanol–water partition coefficient (Wildman–Crippen LogP) is 1.57. The molecule has 1 heterocycles. The van der Waals surface area contributed by atoms with Gasteiger partial charge in [0.15, 0.2) is 5.96 Å². The molecule has 1 aromatic rings. The second kappa shape index (κ2) is 8.90. The maximum Gasteiger partial charge on any atom is 0.234 e. The molecule has 2 fully saturated rings. The van der Waals surface area contributed by atoms with Crippen molar-refractivity contribution < 1.29 is 9.18 Å². The van der Waals surface area contributed by atoms with Crippen molar-refractivity contribution >= 4 is 11.9 Å². The fourth-order valence-corrected chi connectivity index (χ4v) is 3.47. The van der Waals surface area contributed by atoms with Gasteiger partial charge >= 0.3 is 0 Å². The minimum absolute atomic E-state index is 0.135. The van der Waals surface area contributed by atoms with Gasteiger partial charge in [-0.2, -0.15) is 0 Å². The summed E-state index contributed by atoms with van der Waals surface area (Å²) in [4.78, 5) is 20.8. The summed E-state index contributed by atoms with van der Waals surface area (Å²) in [6, 6.07) is 7.18. The van der Waals surface area contributed by atoms with E-state index in [1.54, 1.807) is 19.2 Å². The third kappa shape index (κ3) is 5.67. The highest BCUT2D eigenvalue weighted by atomic mass is 19.1. The average Bonchev–Trinajstić information content (AvgIpc) is 3.47. The number of halogens is 1. The van der Waals surface area contributed by atoms with Crippen LogP contribution in [0.15, 0.2) is 29.3 Å². The highest BCUT2D eigenvalue weighted by Gasteiger charge is 2.27. The largest absolute Gasteiger partial charge is 0.355 e. The molecule has 0 bridgehead atoms. The highest BCUT2D eigenvalue weighted by molar-refractivity contribution is 5.80. The molecule has 7 heteroatoms. The summed E-state index contributed by atoms with van der Waals surface area (Å²) in [5.74, 6) is 0.777. The van der Waals surface area contributed by atoms with Crippen LogP contribution in [-0.2, 0) is 10.2 Å². The minimum Gasteiger partial charge on any atom is -0.355 e. The number of hydrogen-bond acceptors (Lipinski definition) is 3. The number of aliphatic imine (C=N–C) groups is 1. The fraction of sp³-hybridized carbons (Fsp3) is 0.619. The van der Waals surface area contributed by atoms with Gasteiger partial charge in [-0.25, -0.2) is 4.39 Å². The molecule has 0 unspecified atom stereocenters. The first-order chi connectivity index (χ1) is 13.4. The van der Waals surface area contributed by atoms with E-state index in [1.807, 2.05) is 6.07 Å². The second-order valence-electron chi connectivity index (χ2n) is 8.40. The number of hydrogen-bond donors (Lipinski definition) is 2. The Morgan fingerprint density at radius 3 is 2.57 bits per heavy atom. The lowest BCUT2D eigenvalue weighted by molar-refractivity contribution is -0.122. The molecule has 1 aliphatic carbocycles. The smallest absolute Gasteiger partial charge is 0.234 e. The maximum atomic E-state index is 13.6. The van der Waals surface area contributed by atoms with Crippen LogP contribution in [0.3, 0.4) is 0 Å². The van der Waals surface area contributed by atoms with E-state index in [4.69, 9.17) is 0 Å². The first-order valence-corrected chi connectivity index (χ1v) is 10.1. The lowest BCUT2D eigenvalue weighted by Crippen LogP contribution is -2.55. The third-order valence-corrected chi connectivity index (χ3v) is 5.49. The van der Waals surface area contributed by atoms with Crippen molar-refractivity contribution in [1.82, 2.24) is 20.4 Å². The van der Waals surface area contributed by atoms with Crippen LogP contribution in [0.1, 0.15) is 32.3 Å². The zero-order valence-corrected chi connectivity index (χ0v) is 17.2. The Hall–Kier alpha value is -2.15. The van der Waals surface area contributed by atoms with Crippen LogP contribution in [0.2, 0.25) is 0 Å². The molecule has 1 amide bonds. The standard InChI is InChI=1S/C21H32FN5O/c1-21(2,16-5-4-6-17(22)13-16)15-24-20(23-3)27-11-9-26(10-12-27)14-19(28)25-18-7-8-18/h4-6,13,18H,7-12,14-15H2,1-3H3,(H,23,24)(H,25,28). The van der Waals surface area contributed by atoms with Crippen molar-refractivity contribution in [3.63, 3.8) is 0 Å². The van der Waals surface area contributed by atoms with Crippen LogP contribution >= 0.6 is 0 Å². The van der Waals surface area contributed by atoms with Gasteiger partial charge in [0.25, 0.3) is 0 Å². The van der Waals surface area contributed by atoms with E-state index in [2.05, 4.69) is 39.3 Å². The number of piperazine rings is 1. The van der Waals surface area contributed by atoms with Crippen molar-refractivity contribution in [2.75, 3.05) is 46.3 Å². The summed E-state index contributed by atoms with van der Waals surface area (Å²) >= 11 is 0. The van der Waals surface area contributed by atoms with E-state index in [-0.39, 0.29) is 17.1 Å². The summed E-state index contributed by atoms with van der Waals surface area (Å²) < 4.78 is 13.6. The molecule has 3 rings (SSSR count). The fourth-order valence-electron chi connectivity index (χ4n) is 3.47. The Morgan fingerprint density at radius 2 is 1.96 bits per heavy atom. The second-order valence-corrected chi connectivity index (χ2v) is 8.40. The Labute approximate surface area is 167 Å². The zero-order valence-electron chi connectivity index (χ0n) is 17.2. The third-order valence-electron chi connectivity index (χ3n) is 5.49. The van der Waals surface area contributed by atoms with Crippen LogP contribution in [0.5, 0.6) is 0 Å². The van der Waals surface area contributed by atoms with Crippen LogP contribution in [0, 0.1) is 5.82 Å². The van der Waals surface area contributed by atoms with E-state index in [0.29, 0.717) is 19.1 Å². The zero-order chi connectivity index (χ0) is 20.1. The van der Waals surface area contributed by atoms with Crippen molar-refractivity contribution in [2.24, 2.45) is 4.99 Å². The molecule has 2 N–H and O–H groups in total. The minimum atomic E-state index is -0.221. The summed E-state index contributed by atoms with van der Waals surface area (Å²) in [6.07, 6.45) is 2.24. The summed E-state index contributed by atoms with van der Waals surface area (Å²) in [6.45, 7) is 8.67. The van der Waals surface area contributed by atoms with Crippen molar-refractivity contribution in [1.29, 1.82) is 0 Å². The maximum absolute atomic E-state index is 13.6. The molecule has 1 aliphatic heterocycles. The number of nitrogens with zero attached hydrogens (tertiary/aromatic N) is 3. The molecule has 1 saturated heterocycles. The normalized spacial score (nSPS) is 18.9. The Bertz CT molecular complexity index is 709. The van der Waals surface area contributed by atoms with Gasteiger partial charge in [-0.05, 0) is 30.5 Å². The SMILES string of the molecule is CN=C(NCC(C)(C)c1cccc(F)c1)N1CCN(CC(=O)NC2CC2)CC1. The number of carbonyl (C=O) groups is 1. The lowest BCUT2D eigenvalue weighted by Gasteiger charge is -2.37. The Balaban J connectivity index is 1.47. The molecule has 1 aromatic carbocycles. The van der Waals surface area contributed by atoms with E-state index in [1.165, 1.54) is 6.07 Å². The quantitative estimate of drug-likeness (QED) is 0.573. The number of carbonyl (C=O) groups excluding carboxylic acids is 1. The number of rotatable bonds is 6. The van der Waals surface area contributed by atoms with Gasteiger partial charge in [0, 0.05) is 51.2 Å². The van der Waals surface area contributed by atoms with Gasteiger partial charge in [-0.1, -0.05) is 26.0 Å². The van der Waals surface area contributed by atoms with Crippen LogP contribution in [-0.4, -0.2) is 74.0 Å². The number of benzene rings is 1. The molecule has 28 heavy (non-hydrogen) atoms. The van der Waals surface area contributed by atoms with E-state index in [9.17, 15) is 9.18 Å². The molecule has 0 spiro atoms. The predicted molar refractivity (Wildman–Crippen MR) is 110 cm³/mol. The van der Waals surface area contributed by atoms with Gasteiger partial charge in [0.1, 0.15) is 5.82 Å². The first-order valence-electron chi connectivity index (χ1n) is 10.1. The van der Waals surface area contributed by atoms with Crippen LogP contribution in [0.4, 0.5) is 4.39 Å². The van der Waals surface area contributed by atoms with Gasteiger partial charge in [-0.15, -0.1) is 0 Å². The Kier molecular flexibility index (Phi) is 6.54. The van der Waals surface area contributed by atoms with E-state index >= 15 is 0 Å². The molecule has 0 radical (unpaired) electrons. The monoisotopic (exact) mass is 389 g/mol. The van der Waals surface area contributed by atoms with Gasteiger partial charge in [0.2, 0.25) is 5.91 Å². The summed E-state index contributed by atoms with van der Waals surface area (Å²) in [7, 11) is 1.78. The molecule has 2 aliphatic rings. The van der Waals surface area contributed by atoms with Crippen LogP contribution in [0.25, 0.3) is 0 Å². The molecule has 0 atom stereocenters. The van der Waals surface area contributed by atoms with Crippen LogP contribution < -0.4 is 10.6 Å². The number of nitrogens with one attached hydrogen (secondary N) is 2. The van der Waals surface area contributed by atoms with Gasteiger partial charge in [0.05, 0.1) is 6.54 Å². The number of amides is 1. The Morgan fingerprint density at radius 1 is 1.25 bits per heavy atom. The van der Waals surface area contributed by atoms with E-state index < -0.39 is 0 Å². The molecule has 1 saturated carbocycles. The average molecular weight is 390 g/mol. The lowest BCUT2D eigenvalue weighted by atomic mass is 9.84. The van der Waals surface area contributed by atoms with Crippen molar-refractivity contribution in [3.05, 3.63) is 35.6 Å². The molecule has 154 valence electrons. The van der Waals surface area contributed by atoms with Gasteiger partial charge in [-0.3, -0.25) is 14.7 Å². The van der Waals surface area contributed by atoms with Crippen molar-refractivity contribution in [2.45, 2.75) is 38.1 Å². The molecule has 0 aromatic heterocycles. The molecular weight excluding hydrogens is 357 g/mol. The highest BCUT2D eigenvalue weighted by Crippen LogP contribution is 2.23.